The van der Waals surface area contributed by atoms with Gasteiger partial charge in [0.1, 0.15) is 5.70 Å². The Morgan fingerprint density at radius 3 is 2.12 bits per heavy atom. The van der Waals surface area contributed by atoms with Crippen molar-refractivity contribution in [3.63, 3.8) is 0 Å². The Hall–Kier alpha value is -2.59. The van der Waals surface area contributed by atoms with Crippen molar-refractivity contribution in [2.45, 2.75) is 58.9 Å². The summed E-state index contributed by atoms with van der Waals surface area (Å²) in [7, 11) is 0. The van der Waals surface area contributed by atoms with Crippen molar-refractivity contribution in [2.75, 3.05) is 13.1 Å². The van der Waals surface area contributed by atoms with Gasteiger partial charge in [-0.05, 0) is 36.6 Å². The van der Waals surface area contributed by atoms with Gasteiger partial charge in [-0.25, -0.2) is 0 Å². The second-order valence-corrected chi connectivity index (χ2v) is 8.70. The number of carbonyl (C=O) groups is 2. The predicted octanol–water partition coefficient (Wildman–Crippen LogP) is 6.30. The first kappa shape index (κ1) is 24.1. The SMILES string of the molecule is CCCCCCCCN1C(=O)C(c2ccc(Cl)cc2)=C(N(CC)Cc2ccccc2)C1=O. The van der Waals surface area contributed by atoms with Crippen LogP contribution in [0.25, 0.3) is 5.57 Å². The van der Waals surface area contributed by atoms with Gasteiger partial charge in [0.25, 0.3) is 11.8 Å². The summed E-state index contributed by atoms with van der Waals surface area (Å²) in [5, 5.41) is 0.605. The van der Waals surface area contributed by atoms with E-state index in [2.05, 4.69) is 6.92 Å². The number of imide groups is 1. The van der Waals surface area contributed by atoms with Gasteiger partial charge in [-0.1, -0.05) is 93.1 Å². The standard InChI is InChI=1S/C27H33ClN2O2/c1-3-5-6-7-8-12-19-30-26(31)24(22-15-17-23(28)18-16-22)25(27(30)32)29(4-2)20-21-13-10-9-11-14-21/h9-11,13-18H,3-8,12,19-20H2,1-2H3. The topological polar surface area (TPSA) is 40.6 Å². The molecule has 1 aliphatic rings. The summed E-state index contributed by atoms with van der Waals surface area (Å²) in [6.07, 6.45) is 6.66. The third-order valence-electron chi connectivity index (χ3n) is 5.93. The van der Waals surface area contributed by atoms with Crippen LogP contribution in [-0.4, -0.2) is 34.7 Å². The summed E-state index contributed by atoms with van der Waals surface area (Å²) in [4.78, 5) is 30.4. The van der Waals surface area contributed by atoms with Gasteiger partial charge in [0.2, 0.25) is 0 Å². The highest BCUT2D eigenvalue weighted by molar-refractivity contribution is 6.36. The number of carbonyl (C=O) groups excluding carboxylic acids is 2. The number of hydrogen-bond acceptors (Lipinski definition) is 3. The van der Waals surface area contributed by atoms with E-state index in [9.17, 15) is 9.59 Å². The smallest absolute Gasteiger partial charge is 0.277 e. The zero-order chi connectivity index (χ0) is 22.9. The fourth-order valence-corrected chi connectivity index (χ4v) is 4.27. The molecule has 2 aromatic carbocycles. The fourth-order valence-electron chi connectivity index (χ4n) is 4.14. The van der Waals surface area contributed by atoms with Gasteiger partial charge in [-0.15, -0.1) is 0 Å². The van der Waals surface area contributed by atoms with Crippen molar-refractivity contribution in [1.29, 1.82) is 0 Å². The summed E-state index contributed by atoms with van der Waals surface area (Å²) < 4.78 is 0. The van der Waals surface area contributed by atoms with Crippen LogP contribution in [0.15, 0.2) is 60.3 Å². The number of unbranched alkanes of at least 4 members (excludes halogenated alkanes) is 5. The van der Waals surface area contributed by atoms with E-state index >= 15 is 0 Å². The third-order valence-corrected chi connectivity index (χ3v) is 6.18. The van der Waals surface area contributed by atoms with Crippen molar-refractivity contribution in [1.82, 2.24) is 9.80 Å². The lowest BCUT2D eigenvalue weighted by atomic mass is 10.0. The first-order valence-electron chi connectivity index (χ1n) is 11.7. The van der Waals surface area contributed by atoms with Crippen LogP contribution in [0.5, 0.6) is 0 Å². The maximum Gasteiger partial charge on any atom is 0.277 e. The molecule has 1 aliphatic heterocycles. The monoisotopic (exact) mass is 452 g/mol. The average Bonchev–Trinajstić information content (AvgIpc) is 3.05. The van der Waals surface area contributed by atoms with E-state index in [1.807, 2.05) is 54.3 Å². The van der Waals surface area contributed by atoms with E-state index in [1.165, 1.54) is 24.2 Å². The number of hydrogen-bond donors (Lipinski definition) is 0. The quantitative estimate of drug-likeness (QED) is 0.280. The lowest BCUT2D eigenvalue weighted by Crippen LogP contribution is -2.35. The summed E-state index contributed by atoms with van der Waals surface area (Å²) in [6, 6.07) is 17.2. The minimum atomic E-state index is -0.201. The summed E-state index contributed by atoms with van der Waals surface area (Å²) in [5.74, 6) is -0.390. The molecule has 3 rings (SSSR count). The van der Waals surface area contributed by atoms with Gasteiger partial charge in [0, 0.05) is 24.7 Å². The van der Waals surface area contributed by atoms with Crippen molar-refractivity contribution < 1.29 is 9.59 Å². The number of nitrogens with zero attached hydrogens (tertiary/aromatic N) is 2. The molecule has 0 saturated heterocycles. The number of halogens is 1. The maximum absolute atomic E-state index is 13.5. The highest BCUT2D eigenvalue weighted by Crippen LogP contribution is 2.33. The van der Waals surface area contributed by atoms with E-state index in [0.717, 1.165) is 30.4 Å². The minimum absolute atomic E-state index is 0.189. The van der Waals surface area contributed by atoms with Crippen LogP contribution in [-0.2, 0) is 16.1 Å². The van der Waals surface area contributed by atoms with Gasteiger partial charge >= 0.3 is 0 Å². The van der Waals surface area contributed by atoms with E-state index in [1.54, 1.807) is 12.1 Å². The van der Waals surface area contributed by atoms with E-state index in [4.69, 9.17) is 11.6 Å². The van der Waals surface area contributed by atoms with Gasteiger partial charge in [0.05, 0.1) is 5.57 Å². The normalized spacial score (nSPS) is 13.9. The molecular formula is C27H33ClN2O2. The molecule has 0 aromatic heterocycles. The molecule has 170 valence electrons. The largest absolute Gasteiger partial charge is 0.362 e. The molecule has 0 saturated carbocycles. The van der Waals surface area contributed by atoms with Gasteiger partial charge in [-0.3, -0.25) is 14.5 Å². The fraction of sp³-hybridized carbons (Fsp3) is 0.407. The summed E-state index contributed by atoms with van der Waals surface area (Å²) in [5.41, 5.74) is 2.82. The minimum Gasteiger partial charge on any atom is -0.362 e. The Morgan fingerprint density at radius 1 is 0.812 bits per heavy atom. The number of likely N-dealkylation sites (N-methyl/N-ethyl adjacent to an activating group) is 1. The highest BCUT2D eigenvalue weighted by Gasteiger charge is 2.40. The Labute approximate surface area is 196 Å². The van der Waals surface area contributed by atoms with Crippen LogP contribution in [0.2, 0.25) is 5.02 Å². The van der Waals surface area contributed by atoms with Crippen LogP contribution in [0.3, 0.4) is 0 Å². The molecule has 0 radical (unpaired) electrons. The van der Waals surface area contributed by atoms with Crippen molar-refractivity contribution >= 4 is 29.0 Å². The number of benzene rings is 2. The van der Waals surface area contributed by atoms with Crippen LogP contribution in [0.1, 0.15) is 63.5 Å². The zero-order valence-electron chi connectivity index (χ0n) is 19.1. The maximum atomic E-state index is 13.5. The van der Waals surface area contributed by atoms with Crippen molar-refractivity contribution in [3.05, 3.63) is 76.4 Å². The molecule has 5 heteroatoms. The molecule has 0 unspecified atom stereocenters. The molecule has 2 amide bonds. The predicted molar refractivity (Wildman–Crippen MR) is 131 cm³/mol. The second-order valence-electron chi connectivity index (χ2n) is 8.26. The molecule has 2 aromatic rings. The lowest BCUT2D eigenvalue weighted by molar-refractivity contribution is -0.137. The second kappa shape index (κ2) is 11.9. The van der Waals surface area contributed by atoms with Crippen LogP contribution >= 0.6 is 11.6 Å². The molecular weight excluding hydrogens is 420 g/mol. The Bertz CT molecular complexity index is 938. The van der Waals surface area contributed by atoms with E-state index in [0.29, 0.717) is 35.9 Å². The van der Waals surface area contributed by atoms with Crippen LogP contribution < -0.4 is 0 Å². The van der Waals surface area contributed by atoms with E-state index in [-0.39, 0.29) is 11.8 Å². The van der Waals surface area contributed by atoms with Crippen LogP contribution in [0.4, 0.5) is 0 Å². The molecule has 0 spiro atoms. The summed E-state index contributed by atoms with van der Waals surface area (Å²) in [6.45, 7) is 5.89. The first-order valence-corrected chi connectivity index (χ1v) is 12.1. The Kier molecular flexibility index (Phi) is 8.92. The summed E-state index contributed by atoms with van der Waals surface area (Å²) >= 11 is 6.08. The number of rotatable bonds is 12. The molecule has 0 atom stereocenters. The zero-order valence-corrected chi connectivity index (χ0v) is 19.9. The van der Waals surface area contributed by atoms with Gasteiger partial charge in [0.15, 0.2) is 0 Å². The third kappa shape index (κ3) is 5.80. The highest BCUT2D eigenvalue weighted by atomic mass is 35.5. The Balaban J connectivity index is 1.86. The average molecular weight is 453 g/mol. The van der Waals surface area contributed by atoms with Gasteiger partial charge in [-0.2, -0.15) is 0 Å². The van der Waals surface area contributed by atoms with Crippen LogP contribution in [0, 0.1) is 0 Å². The molecule has 0 aliphatic carbocycles. The molecule has 0 fully saturated rings. The number of amides is 2. The van der Waals surface area contributed by atoms with Gasteiger partial charge < -0.3 is 4.90 Å². The molecule has 4 nitrogen and oxygen atoms in total. The Morgan fingerprint density at radius 2 is 1.47 bits per heavy atom. The molecule has 0 bridgehead atoms. The first-order chi connectivity index (χ1) is 15.6. The van der Waals surface area contributed by atoms with E-state index < -0.39 is 0 Å². The lowest BCUT2D eigenvalue weighted by Gasteiger charge is -2.25. The van der Waals surface area contributed by atoms with Crippen molar-refractivity contribution in [2.24, 2.45) is 0 Å². The molecule has 0 N–H and O–H groups in total. The molecule has 1 heterocycles. The van der Waals surface area contributed by atoms with Crippen molar-refractivity contribution in [3.8, 4) is 0 Å². The molecule has 32 heavy (non-hydrogen) atoms.